The van der Waals surface area contributed by atoms with E-state index in [2.05, 4.69) is 0 Å². The lowest BCUT2D eigenvalue weighted by atomic mass is 10.0. The van der Waals surface area contributed by atoms with Gasteiger partial charge >= 0.3 is 0 Å². The highest BCUT2D eigenvalue weighted by Gasteiger charge is 2.32. The standard InChI is InChI=1S/C17H18F4N2O3S/c1-17(2,3)8-27(25,26)11-7-23(4)15(14(11)21)16(24)22-10-6-5-9(18)12(19)13(10)20/h5-7H,8H2,1-4H3,(H,22,24). The predicted octanol–water partition coefficient (Wildman–Crippen LogP) is 3.65. The molecule has 1 aromatic carbocycles. The fraction of sp³-hybridized carbons (Fsp3) is 0.353. The molecule has 0 saturated carbocycles. The minimum atomic E-state index is -4.04. The first-order chi connectivity index (χ1) is 12.2. The smallest absolute Gasteiger partial charge is 0.275 e. The highest BCUT2D eigenvalue weighted by Crippen LogP contribution is 2.27. The number of nitrogens with one attached hydrogen (secondary N) is 1. The average Bonchev–Trinajstić information content (AvgIpc) is 2.81. The largest absolute Gasteiger partial charge is 0.343 e. The molecule has 1 heterocycles. The third kappa shape index (κ3) is 4.32. The van der Waals surface area contributed by atoms with E-state index < -0.39 is 60.7 Å². The molecule has 1 aromatic heterocycles. The van der Waals surface area contributed by atoms with Crippen LogP contribution < -0.4 is 5.32 Å². The van der Waals surface area contributed by atoms with Gasteiger partial charge in [-0.3, -0.25) is 4.79 Å². The Labute approximate surface area is 153 Å². The number of aromatic nitrogens is 1. The lowest BCUT2D eigenvalue weighted by molar-refractivity contribution is 0.101. The van der Waals surface area contributed by atoms with Crippen molar-refractivity contribution in [3.05, 3.63) is 47.3 Å². The Bertz CT molecular complexity index is 1010. The minimum Gasteiger partial charge on any atom is -0.343 e. The average molecular weight is 406 g/mol. The van der Waals surface area contributed by atoms with Crippen molar-refractivity contribution < 1.29 is 30.8 Å². The Kier molecular flexibility index (Phi) is 5.42. The van der Waals surface area contributed by atoms with Gasteiger partial charge in [0.05, 0.1) is 11.4 Å². The van der Waals surface area contributed by atoms with E-state index in [-0.39, 0.29) is 5.75 Å². The van der Waals surface area contributed by atoms with Crippen LogP contribution in [0.15, 0.2) is 23.2 Å². The molecular weight excluding hydrogens is 388 g/mol. The predicted molar refractivity (Wildman–Crippen MR) is 91.1 cm³/mol. The molecule has 1 N–H and O–H groups in total. The topological polar surface area (TPSA) is 68.2 Å². The summed E-state index contributed by atoms with van der Waals surface area (Å²) in [6.45, 7) is 4.97. The van der Waals surface area contributed by atoms with E-state index in [1.807, 2.05) is 5.32 Å². The maximum atomic E-state index is 14.7. The molecule has 0 aliphatic carbocycles. The number of rotatable bonds is 4. The van der Waals surface area contributed by atoms with Crippen LogP contribution in [0.4, 0.5) is 23.2 Å². The Morgan fingerprint density at radius 2 is 1.67 bits per heavy atom. The van der Waals surface area contributed by atoms with E-state index in [0.717, 1.165) is 16.8 Å². The molecule has 0 unspecified atom stereocenters. The summed E-state index contributed by atoms with van der Waals surface area (Å²) in [6.07, 6.45) is 0.937. The van der Waals surface area contributed by atoms with Crippen LogP contribution in [-0.2, 0) is 16.9 Å². The van der Waals surface area contributed by atoms with Crippen LogP contribution in [0.25, 0.3) is 0 Å². The normalized spacial score (nSPS) is 12.3. The van der Waals surface area contributed by atoms with Crippen molar-refractivity contribution >= 4 is 21.4 Å². The zero-order valence-corrected chi connectivity index (χ0v) is 15.8. The van der Waals surface area contributed by atoms with Gasteiger partial charge in [-0.25, -0.2) is 26.0 Å². The van der Waals surface area contributed by atoms with Crippen molar-refractivity contribution in [3.63, 3.8) is 0 Å². The van der Waals surface area contributed by atoms with E-state index in [1.165, 1.54) is 7.05 Å². The van der Waals surface area contributed by atoms with Gasteiger partial charge in [-0.05, 0) is 17.5 Å². The summed E-state index contributed by atoms with van der Waals surface area (Å²) in [6, 6.07) is 1.36. The van der Waals surface area contributed by atoms with Crippen molar-refractivity contribution in [2.45, 2.75) is 25.7 Å². The zero-order valence-electron chi connectivity index (χ0n) is 15.0. The first kappa shape index (κ1) is 20.9. The van der Waals surface area contributed by atoms with Gasteiger partial charge in [0.1, 0.15) is 10.6 Å². The first-order valence-electron chi connectivity index (χ1n) is 7.77. The van der Waals surface area contributed by atoms with Gasteiger partial charge in [0.2, 0.25) is 0 Å². The molecule has 0 aliphatic heterocycles. The zero-order chi connectivity index (χ0) is 20.7. The number of nitrogens with zero attached hydrogens (tertiary/aromatic N) is 1. The highest BCUT2D eigenvalue weighted by atomic mass is 32.2. The van der Waals surface area contributed by atoms with Gasteiger partial charge in [-0.2, -0.15) is 0 Å². The van der Waals surface area contributed by atoms with E-state index in [1.54, 1.807) is 20.8 Å². The molecule has 0 aliphatic rings. The summed E-state index contributed by atoms with van der Waals surface area (Å²) in [4.78, 5) is 11.6. The van der Waals surface area contributed by atoms with Gasteiger partial charge in [-0.15, -0.1) is 0 Å². The van der Waals surface area contributed by atoms with Crippen LogP contribution in [0.2, 0.25) is 0 Å². The summed E-state index contributed by atoms with van der Waals surface area (Å²) in [5.41, 5.74) is -2.05. The number of amides is 1. The van der Waals surface area contributed by atoms with Crippen LogP contribution in [0.5, 0.6) is 0 Å². The number of hydrogen-bond acceptors (Lipinski definition) is 3. The van der Waals surface area contributed by atoms with Crippen LogP contribution >= 0.6 is 0 Å². The number of sulfone groups is 1. The maximum Gasteiger partial charge on any atom is 0.275 e. The van der Waals surface area contributed by atoms with Crippen molar-refractivity contribution in [2.24, 2.45) is 12.5 Å². The lowest BCUT2D eigenvalue weighted by Gasteiger charge is -2.17. The summed E-state index contributed by atoms with van der Waals surface area (Å²) < 4.78 is 80.3. The SMILES string of the molecule is Cn1cc(S(=O)(=O)CC(C)(C)C)c(F)c1C(=O)Nc1ccc(F)c(F)c1F. The van der Waals surface area contributed by atoms with E-state index in [9.17, 15) is 30.8 Å². The van der Waals surface area contributed by atoms with Crippen LogP contribution in [0, 0.1) is 28.7 Å². The molecule has 2 rings (SSSR count). The second-order valence-electron chi connectivity index (χ2n) is 7.26. The van der Waals surface area contributed by atoms with Crippen LogP contribution in [0.3, 0.4) is 0 Å². The summed E-state index contributed by atoms with van der Waals surface area (Å²) in [5, 5.41) is 1.91. The van der Waals surface area contributed by atoms with Gasteiger partial charge in [0.25, 0.3) is 5.91 Å². The van der Waals surface area contributed by atoms with Gasteiger partial charge in [-0.1, -0.05) is 20.8 Å². The first-order valence-corrected chi connectivity index (χ1v) is 9.42. The fourth-order valence-corrected chi connectivity index (χ4v) is 4.48. The van der Waals surface area contributed by atoms with Gasteiger partial charge in [0.15, 0.2) is 33.1 Å². The summed E-state index contributed by atoms with van der Waals surface area (Å²) in [7, 11) is -2.80. The van der Waals surface area contributed by atoms with Crippen molar-refractivity contribution in [1.82, 2.24) is 4.57 Å². The van der Waals surface area contributed by atoms with Gasteiger partial charge in [0, 0.05) is 13.2 Å². The Morgan fingerprint density at radius 1 is 1.07 bits per heavy atom. The third-order valence-electron chi connectivity index (χ3n) is 3.54. The lowest BCUT2D eigenvalue weighted by Crippen LogP contribution is -2.21. The highest BCUT2D eigenvalue weighted by molar-refractivity contribution is 7.91. The quantitative estimate of drug-likeness (QED) is 0.623. The van der Waals surface area contributed by atoms with Crippen molar-refractivity contribution in [1.29, 1.82) is 0 Å². The molecule has 5 nitrogen and oxygen atoms in total. The van der Waals surface area contributed by atoms with Crippen LogP contribution in [0.1, 0.15) is 31.3 Å². The number of anilines is 1. The molecule has 0 fully saturated rings. The second kappa shape index (κ2) is 6.99. The molecule has 0 spiro atoms. The van der Waals surface area contributed by atoms with Crippen molar-refractivity contribution in [2.75, 3.05) is 11.1 Å². The number of carbonyl (C=O) groups excluding carboxylic acids is 1. The molecular formula is C17H18F4N2O3S. The van der Waals surface area contributed by atoms with Gasteiger partial charge < -0.3 is 9.88 Å². The molecule has 148 valence electrons. The Hall–Kier alpha value is -2.36. The third-order valence-corrected chi connectivity index (χ3v) is 5.75. The van der Waals surface area contributed by atoms with E-state index in [0.29, 0.717) is 6.07 Å². The van der Waals surface area contributed by atoms with Crippen molar-refractivity contribution in [3.8, 4) is 0 Å². The second-order valence-corrected chi connectivity index (χ2v) is 9.22. The number of halogens is 4. The number of benzene rings is 1. The molecule has 0 saturated heterocycles. The maximum absolute atomic E-state index is 14.7. The summed E-state index contributed by atoms with van der Waals surface area (Å²) in [5.74, 6) is -7.78. The monoisotopic (exact) mass is 406 g/mol. The minimum absolute atomic E-state index is 0.361. The number of aryl methyl sites for hydroxylation is 1. The molecule has 0 radical (unpaired) electrons. The molecule has 0 bridgehead atoms. The fourth-order valence-electron chi connectivity index (χ4n) is 2.50. The molecule has 1 amide bonds. The molecule has 0 atom stereocenters. The number of hydrogen-bond donors (Lipinski definition) is 1. The Morgan fingerprint density at radius 3 is 2.22 bits per heavy atom. The van der Waals surface area contributed by atoms with E-state index >= 15 is 0 Å². The van der Waals surface area contributed by atoms with E-state index in [4.69, 9.17) is 0 Å². The summed E-state index contributed by atoms with van der Waals surface area (Å²) >= 11 is 0. The number of carbonyl (C=O) groups is 1. The molecule has 27 heavy (non-hydrogen) atoms. The van der Waals surface area contributed by atoms with Crippen LogP contribution in [-0.4, -0.2) is 24.6 Å². The molecule has 10 heteroatoms. The molecule has 2 aromatic rings. The Balaban J connectivity index is 2.42.